The van der Waals surface area contributed by atoms with Crippen molar-refractivity contribution in [2.75, 3.05) is 6.61 Å². The minimum absolute atomic E-state index is 0.0219. The lowest BCUT2D eigenvalue weighted by Gasteiger charge is -2.15. The van der Waals surface area contributed by atoms with Gasteiger partial charge in [0.2, 0.25) is 0 Å². The van der Waals surface area contributed by atoms with Crippen LogP contribution in [-0.4, -0.2) is 18.6 Å². The normalized spacial score (nSPS) is 13.8. The fraction of sp³-hybridized carbons (Fsp3) is 0.500. The molecule has 0 bridgehead atoms. The van der Waals surface area contributed by atoms with Crippen molar-refractivity contribution in [2.24, 2.45) is 5.73 Å². The molecule has 0 heterocycles. The number of ether oxygens (including phenoxy) is 1. The van der Waals surface area contributed by atoms with Gasteiger partial charge in [0.15, 0.2) is 6.61 Å². The van der Waals surface area contributed by atoms with Gasteiger partial charge in [-0.05, 0) is 26.3 Å². The summed E-state index contributed by atoms with van der Waals surface area (Å²) in [7, 11) is 0. The van der Waals surface area contributed by atoms with Crippen LogP contribution in [0.4, 0.5) is 0 Å². The summed E-state index contributed by atoms with van der Waals surface area (Å²) in [4.78, 5) is 11.6. The number of para-hydroxylation sites is 1. The summed E-state index contributed by atoms with van der Waals surface area (Å²) in [5, 5.41) is 2.85. The SMILES string of the molecule is CCC(C)NC(=O)COc1ccccc1C(C)N. The van der Waals surface area contributed by atoms with Crippen LogP contribution in [0.2, 0.25) is 0 Å². The lowest BCUT2D eigenvalue weighted by atomic mass is 10.1. The number of hydrogen-bond acceptors (Lipinski definition) is 3. The predicted octanol–water partition coefficient (Wildman–Crippen LogP) is 2.00. The minimum Gasteiger partial charge on any atom is -0.483 e. The second-order valence-corrected chi connectivity index (χ2v) is 4.49. The highest BCUT2D eigenvalue weighted by Gasteiger charge is 2.10. The Morgan fingerprint density at radius 3 is 2.67 bits per heavy atom. The van der Waals surface area contributed by atoms with Crippen molar-refractivity contribution in [1.82, 2.24) is 5.32 Å². The summed E-state index contributed by atoms with van der Waals surface area (Å²) >= 11 is 0. The third-order valence-electron chi connectivity index (χ3n) is 2.79. The van der Waals surface area contributed by atoms with Crippen molar-refractivity contribution < 1.29 is 9.53 Å². The molecule has 1 aromatic rings. The van der Waals surface area contributed by atoms with Gasteiger partial charge in [-0.1, -0.05) is 25.1 Å². The van der Waals surface area contributed by atoms with Crippen molar-refractivity contribution in [3.8, 4) is 5.75 Å². The smallest absolute Gasteiger partial charge is 0.258 e. The molecule has 4 heteroatoms. The molecule has 0 aliphatic heterocycles. The molecule has 2 unspecified atom stereocenters. The Kier molecular flexibility index (Phi) is 5.65. The van der Waals surface area contributed by atoms with Gasteiger partial charge in [0, 0.05) is 17.6 Å². The van der Waals surface area contributed by atoms with Gasteiger partial charge in [-0.15, -0.1) is 0 Å². The molecule has 0 aromatic heterocycles. The number of rotatable bonds is 6. The van der Waals surface area contributed by atoms with Crippen LogP contribution in [0.25, 0.3) is 0 Å². The van der Waals surface area contributed by atoms with E-state index in [1.807, 2.05) is 45.0 Å². The molecule has 3 N–H and O–H groups in total. The largest absolute Gasteiger partial charge is 0.483 e. The minimum atomic E-state index is -0.112. The summed E-state index contributed by atoms with van der Waals surface area (Å²) in [6, 6.07) is 7.57. The molecule has 1 amide bonds. The van der Waals surface area contributed by atoms with Crippen molar-refractivity contribution in [3.63, 3.8) is 0 Å². The van der Waals surface area contributed by atoms with Crippen molar-refractivity contribution in [1.29, 1.82) is 0 Å². The van der Waals surface area contributed by atoms with E-state index in [-0.39, 0.29) is 24.6 Å². The number of benzene rings is 1. The maximum Gasteiger partial charge on any atom is 0.258 e. The van der Waals surface area contributed by atoms with E-state index in [0.717, 1.165) is 12.0 Å². The van der Waals surface area contributed by atoms with Gasteiger partial charge in [-0.3, -0.25) is 4.79 Å². The first-order chi connectivity index (χ1) is 8.54. The molecule has 0 saturated heterocycles. The summed E-state index contributed by atoms with van der Waals surface area (Å²) in [6.45, 7) is 5.90. The molecule has 1 rings (SSSR count). The number of nitrogens with two attached hydrogens (primary N) is 1. The van der Waals surface area contributed by atoms with Crippen LogP contribution < -0.4 is 15.8 Å². The highest BCUT2D eigenvalue weighted by Crippen LogP contribution is 2.22. The van der Waals surface area contributed by atoms with Crippen molar-refractivity contribution in [3.05, 3.63) is 29.8 Å². The van der Waals surface area contributed by atoms with Crippen LogP contribution in [0.15, 0.2) is 24.3 Å². The Morgan fingerprint density at radius 2 is 2.06 bits per heavy atom. The average molecular weight is 250 g/mol. The number of amides is 1. The second kappa shape index (κ2) is 7.01. The van der Waals surface area contributed by atoms with Crippen LogP contribution in [0.1, 0.15) is 38.8 Å². The molecule has 0 spiro atoms. The predicted molar refractivity (Wildman–Crippen MR) is 72.4 cm³/mol. The molecule has 0 saturated carbocycles. The van der Waals surface area contributed by atoms with E-state index in [1.165, 1.54) is 0 Å². The zero-order valence-corrected chi connectivity index (χ0v) is 11.3. The lowest BCUT2D eigenvalue weighted by molar-refractivity contribution is -0.123. The molecular weight excluding hydrogens is 228 g/mol. The maximum absolute atomic E-state index is 11.6. The van der Waals surface area contributed by atoms with E-state index in [0.29, 0.717) is 5.75 Å². The van der Waals surface area contributed by atoms with Gasteiger partial charge in [0.1, 0.15) is 5.75 Å². The molecule has 4 nitrogen and oxygen atoms in total. The summed E-state index contributed by atoms with van der Waals surface area (Å²) < 4.78 is 5.51. The molecule has 18 heavy (non-hydrogen) atoms. The maximum atomic E-state index is 11.6. The van der Waals surface area contributed by atoms with Gasteiger partial charge in [-0.2, -0.15) is 0 Å². The first kappa shape index (κ1) is 14.5. The van der Waals surface area contributed by atoms with Crippen LogP contribution in [-0.2, 0) is 4.79 Å². The standard InChI is InChI=1S/C14H22N2O2/c1-4-10(2)16-14(17)9-18-13-8-6-5-7-12(13)11(3)15/h5-8,10-11H,4,9,15H2,1-3H3,(H,16,17). The Hall–Kier alpha value is -1.55. The highest BCUT2D eigenvalue weighted by atomic mass is 16.5. The van der Waals surface area contributed by atoms with Crippen LogP contribution >= 0.6 is 0 Å². The molecule has 100 valence electrons. The summed E-state index contributed by atoms with van der Waals surface area (Å²) in [5.41, 5.74) is 6.75. The van der Waals surface area contributed by atoms with E-state index in [9.17, 15) is 4.79 Å². The van der Waals surface area contributed by atoms with Gasteiger partial charge in [0.25, 0.3) is 5.91 Å². The van der Waals surface area contributed by atoms with Gasteiger partial charge < -0.3 is 15.8 Å². The Bertz CT molecular complexity index is 391. The Morgan fingerprint density at radius 1 is 1.39 bits per heavy atom. The molecule has 0 aliphatic rings. The topological polar surface area (TPSA) is 64.3 Å². The van der Waals surface area contributed by atoms with Crippen molar-refractivity contribution in [2.45, 2.75) is 39.3 Å². The monoisotopic (exact) mass is 250 g/mol. The molecule has 0 fully saturated rings. The zero-order valence-electron chi connectivity index (χ0n) is 11.3. The van der Waals surface area contributed by atoms with Gasteiger partial charge in [0.05, 0.1) is 0 Å². The van der Waals surface area contributed by atoms with Crippen LogP contribution in [0.3, 0.4) is 0 Å². The van der Waals surface area contributed by atoms with E-state index in [4.69, 9.17) is 10.5 Å². The fourth-order valence-corrected chi connectivity index (χ4v) is 1.55. The fourth-order valence-electron chi connectivity index (χ4n) is 1.55. The first-order valence-electron chi connectivity index (χ1n) is 6.31. The Labute approximate surface area is 109 Å². The van der Waals surface area contributed by atoms with Gasteiger partial charge >= 0.3 is 0 Å². The summed E-state index contributed by atoms with van der Waals surface area (Å²) in [6.07, 6.45) is 0.905. The van der Waals surface area contributed by atoms with Gasteiger partial charge in [-0.25, -0.2) is 0 Å². The number of hydrogen-bond donors (Lipinski definition) is 2. The number of nitrogens with one attached hydrogen (secondary N) is 1. The van der Waals surface area contributed by atoms with E-state index < -0.39 is 0 Å². The van der Waals surface area contributed by atoms with E-state index >= 15 is 0 Å². The first-order valence-corrected chi connectivity index (χ1v) is 6.31. The van der Waals surface area contributed by atoms with E-state index in [2.05, 4.69) is 5.32 Å². The highest BCUT2D eigenvalue weighted by molar-refractivity contribution is 5.77. The second-order valence-electron chi connectivity index (χ2n) is 4.49. The lowest BCUT2D eigenvalue weighted by Crippen LogP contribution is -2.35. The number of carbonyl (C=O) groups is 1. The zero-order chi connectivity index (χ0) is 13.5. The third-order valence-corrected chi connectivity index (χ3v) is 2.79. The number of carbonyl (C=O) groups excluding carboxylic acids is 1. The summed E-state index contributed by atoms with van der Waals surface area (Å²) in [5.74, 6) is 0.565. The van der Waals surface area contributed by atoms with Crippen LogP contribution in [0, 0.1) is 0 Å². The molecule has 0 aliphatic carbocycles. The quantitative estimate of drug-likeness (QED) is 0.811. The molecule has 0 radical (unpaired) electrons. The third kappa shape index (κ3) is 4.37. The Balaban J connectivity index is 2.56. The molecule has 2 atom stereocenters. The van der Waals surface area contributed by atoms with E-state index in [1.54, 1.807) is 0 Å². The average Bonchev–Trinajstić information content (AvgIpc) is 2.36. The van der Waals surface area contributed by atoms with Crippen molar-refractivity contribution >= 4 is 5.91 Å². The molecular formula is C14H22N2O2. The van der Waals surface area contributed by atoms with Crippen LogP contribution in [0.5, 0.6) is 5.75 Å². The molecule has 1 aromatic carbocycles.